The van der Waals surface area contributed by atoms with Crippen LogP contribution in [0, 0.1) is 0 Å². The smallest absolute Gasteiger partial charge is 0.462 e. The molecule has 0 aliphatic heterocycles. The quantitative estimate of drug-likeness (QED) is 0.0127. The number of aliphatic hydroxyl groups is 2. The molecule has 16 heteroatoms. The molecule has 0 fully saturated rings. The Balaban J connectivity index is 4.74. The molecule has 354 valence electrons. The zero-order valence-corrected chi connectivity index (χ0v) is 38.8. The van der Waals surface area contributed by atoms with Gasteiger partial charge in [-0.2, -0.15) is 0 Å². The van der Waals surface area contributed by atoms with Gasteiger partial charge in [-0.05, 0) is 70.6 Å². The van der Waals surface area contributed by atoms with E-state index in [4.69, 9.17) is 23.8 Å². The van der Waals surface area contributed by atoms with Gasteiger partial charge in [-0.3, -0.25) is 23.2 Å². The summed E-state index contributed by atoms with van der Waals surface area (Å²) in [6.07, 6.45) is 44.3. The van der Waals surface area contributed by atoms with Crippen molar-refractivity contribution in [2.24, 2.45) is 0 Å². The topological polar surface area (TPSA) is 216 Å². The van der Waals surface area contributed by atoms with E-state index in [1.165, 1.54) is 19.3 Å². The van der Waals surface area contributed by atoms with Gasteiger partial charge in [0.25, 0.3) is 0 Å². The van der Waals surface area contributed by atoms with E-state index in [-0.39, 0.29) is 12.8 Å². The van der Waals surface area contributed by atoms with Crippen molar-refractivity contribution in [2.75, 3.05) is 26.4 Å². The molecule has 0 aliphatic carbocycles. The van der Waals surface area contributed by atoms with Crippen LogP contribution in [0.1, 0.15) is 136 Å². The van der Waals surface area contributed by atoms with Crippen molar-refractivity contribution in [3.8, 4) is 0 Å². The fraction of sp³-hybridized carbons (Fsp3) is 0.609. The third kappa shape index (κ3) is 43.6. The molecule has 0 amide bonds. The first kappa shape index (κ1) is 59.0. The average Bonchev–Trinajstić information content (AvgIpc) is 3.23. The molecule has 2 unspecified atom stereocenters. The van der Waals surface area contributed by atoms with E-state index in [0.717, 1.165) is 64.2 Å². The van der Waals surface area contributed by atoms with E-state index in [1.54, 1.807) is 6.08 Å². The summed E-state index contributed by atoms with van der Waals surface area (Å²) in [6.45, 7) is 1.39. The molecular formula is C46H76O14P2. The maximum atomic E-state index is 12.6. The van der Waals surface area contributed by atoms with Gasteiger partial charge in [-0.1, -0.05) is 150 Å². The monoisotopic (exact) mass is 914 g/mol. The number of phosphoric ester groups is 2. The van der Waals surface area contributed by atoms with Crippen LogP contribution < -0.4 is 0 Å². The SMILES string of the molecule is CC/C=C/C/C=C/C=C/C(O)CCCCCCCC(=O)OC[C@H](COP(=O)(O)OC[C@@H](O)COP(=O)(O)O)OC(=O)CC/C=C\C/C=C\C/C=C\C/C=C\C/C=C\CCCCC. The largest absolute Gasteiger partial charge is 0.472 e. The Kier molecular flexibility index (Phi) is 38.8. The van der Waals surface area contributed by atoms with E-state index in [1.807, 2.05) is 36.5 Å². The molecule has 14 nitrogen and oxygen atoms in total. The summed E-state index contributed by atoms with van der Waals surface area (Å²) in [5.41, 5.74) is 0. The molecule has 0 aliphatic rings. The van der Waals surface area contributed by atoms with Crippen LogP contribution in [0.15, 0.2) is 97.2 Å². The number of rotatable bonds is 40. The van der Waals surface area contributed by atoms with Crippen molar-refractivity contribution >= 4 is 27.6 Å². The van der Waals surface area contributed by atoms with Gasteiger partial charge in [0.1, 0.15) is 12.7 Å². The number of carbonyl (C=O) groups excluding carboxylic acids is 2. The molecule has 0 spiro atoms. The van der Waals surface area contributed by atoms with Crippen LogP contribution in [-0.4, -0.2) is 81.6 Å². The van der Waals surface area contributed by atoms with Crippen molar-refractivity contribution in [1.82, 2.24) is 0 Å². The van der Waals surface area contributed by atoms with E-state index in [2.05, 4.69) is 77.6 Å². The predicted octanol–water partition coefficient (Wildman–Crippen LogP) is 10.3. The molecule has 0 radical (unpaired) electrons. The number of aliphatic hydroxyl groups excluding tert-OH is 2. The number of ether oxygens (including phenoxy) is 2. The van der Waals surface area contributed by atoms with Crippen LogP contribution >= 0.6 is 15.6 Å². The number of esters is 2. The lowest BCUT2D eigenvalue weighted by molar-refractivity contribution is -0.161. The van der Waals surface area contributed by atoms with Gasteiger partial charge < -0.3 is 34.4 Å². The summed E-state index contributed by atoms with van der Waals surface area (Å²) in [5, 5.41) is 19.9. The van der Waals surface area contributed by atoms with Crippen molar-refractivity contribution in [1.29, 1.82) is 0 Å². The Hall–Kier alpha value is -3.00. The molecule has 0 saturated carbocycles. The normalized spacial score (nSPS) is 15.4. The van der Waals surface area contributed by atoms with Crippen LogP contribution in [0.2, 0.25) is 0 Å². The fourth-order valence-corrected chi connectivity index (χ4v) is 6.37. The van der Waals surface area contributed by atoms with Crippen LogP contribution in [-0.2, 0) is 41.8 Å². The van der Waals surface area contributed by atoms with Crippen LogP contribution in [0.4, 0.5) is 0 Å². The predicted molar refractivity (Wildman–Crippen MR) is 245 cm³/mol. The molecule has 0 bridgehead atoms. The van der Waals surface area contributed by atoms with Crippen molar-refractivity contribution in [3.63, 3.8) is 0 Å². The lowest BCUT2D eigenvalue weighted by Gasteiger charge is -2.20. The fourth-order valence-electron chi connectivity index (χ4n) is 5.22. The second-order valence-corrected chi connectivity index (χ2v) is 17.1. The average molecular weight is 915 g/mol. The number of hydrogen-bond donors (Lipinski definition) is 5. The molecule has 0 heterocycles. The number of unbranched alkanes of at least 4 members (excludes halogenated alkanes) is 7. The Bertz CT molecular complexity index is 1480. The van der Waals surface area contributed by atoms with Gasteiger partial charge in [0.2, 0.25) is 0 Å². The first-order valence-electron chi connectivity index (χ1n) is 22.0. The minimum atomic E-state index is -4.89. The number of phosphoric acid groups is 2. The molecule has 5 N–H and O–H groups in total. The molecule has 0 saturated heterocycles. The minimum absolute atomic E-state index is 0.0179. The third-order valence-corrected chi connectivity index (χ3v) is 10.0. The molecule has 0 aromatic rings. The Morgan fingerprint density at radius 2 is 1.10 bits per heavy atom. The first-order valence-corrected chi connectivity index (χ1v) is 25.1. The standard InChI is InChI=1S/C46H76O14P2/c1-3-5-7-9-11-12-13-14-15-16-17-18-19-20-21-22-24-28-33-37-46(50)60-44(41-59-62(54,55)58-39-43(48)38-57-61(51,52)53)40-56-45(49)36-32-29-25-27-31-35-42(47)34-30-26-23-10-8-6-4-2/h6,8,11-12,14-15,17-18,20-21,23-24,26,28,30,34,42-44,47-48H,3-5,7,9-10,13,16,19,22,25,27,29,31-33,35-41H2,1-2H3,(H,54,55)(H2,51,52,53)/b8-6+,12-11-,15-14-,18-17-,21-20-,26-23+,28-24-,34-30+/t42?,43-,44+/m0/s1. The summed E-state index contributed by atoms with van der Waals surface area (Å²) in [7, 11) is -9.74. The minimum Gasteiger partial charge on any atom is -0.462 e. The van der Waals surface area contributed by atoms with Crippen LogP contribution in [0.5, 0.6) is 0 Å². The highest BCUT2D eigenvalue weighted by Crippen LogP contribution is 2.43. The highest BCUT2D eigenvalue weighted by molar-refractivity contribution is 7.47. The van der Waals surface area contributed by atoms with Crippen molar-refractivity contribution < 1.29 is 66.7 Å². The second-order valence-electron chi connectivity index (χ2n) is 14.4. The lowest BCUT2D eigenvalue weighted by Crippen LogP contribution is -2.29. The van der Waals surface area contributed by atoms with Gasteiger partial charge in [-0.25, -0.2) is 9.13 Å². The summed E-state index contributed by atoms with van der Waals surface area (Å²) in [4.78, 5) is 52.7. The summed E-state index contributed by atoms with van der Waals surface area (Å²) < 4.78 is 47.6. The molecule has 62 heavy (non-hydrogen) atoms. The molecule has 0 aromatic carbocycles. The van der Waals surface area contributed by atoms with E-state index >= 15 is 0 Å². The van der Waals surface area contributed by atoms with Gasteiger partial charge in [0.05, 0.1) is 25.9 Å². The Morgan fingerprint density at radius 1 is 0.548 bits per heavy atom. The zero-order chi connectivity index (χ0) is 46.0. The Morgan fingerprint density at radius 3 is 1.73 bits per heavy atom. The van der Waals surface area contributed by atoms with E-state index in [9.17, 15) is 33.8 Å². The highest BCUT2D eigenvalue weighted by atomic mass is 31.2. The zero-order valence-electron chi connectivity index (χ0n) is 37.0. The van der Waals surface area contributed by atoms with Crippen LogP contribution in [0.25, 0.3) is 0 Å². The maximum absolute atomic E-state index is 12.6. The number of carbonyl (C=O) groups is 2. The summed E-state index contributed by atoms with van der Waals surface area (Å²) in [6, 6.07) is 0. The highest BCUT2D eigenvalue weighted by Gasteiger charge is 2.28. The van der Waals surface area contributed by atoms with Gasteiger partial charge in [0, 0.05) is 12.8 Å². The van der Waals surface area contributed by atoms with Crippen molar-refractivity contribution in [3.05, 3.63) is 97.2 Å². The van der Waals surface area contributed by atoms with Crippen LogP contribution in [0.3, 0.4) is 0 Å². The summed E-state index contributed by atoms with van der Waals surface area (Å²) >= 11 is 0. The van der Waals surface area contributed by atoms with Gasteiger partial charge in [-0.15, -0.1) is 0 Å². The number of hydrogen-bond acceptors (Lipinski definition) is 11. The van der Waals surface area contributed by atoms with E-state index < -0.39 is 72.3 Å². The lowest BCUT2D eigenvalue weighted by atomic mass is 10.1. The van der Waals surface area contributed by atoms with E-state index in [0.29, 0.717) is 25.7 Å². The molecule has 0 aromatic heterocycles. The molecule has 0 rings (SSSR count). The number of allylic oxidation sites excluding steroid dienone is 15. The maximum Gasteiger partial charge on any atom is 0.472 e. The molecular weight excluding hydrogens is 838 g/mol. The second kappa shape index (κ2) is 40.8. The van der Waals surface area contributed by atoms with Gasteiger partial charge >= 0.3 is 27.6 Å². The summed E-state index contributed by atoms with van der Waals surface area (Å²) in [5.74, 6) is -1.21. The third-order valence-electron chi connectivity index (χ3n) is 8.56. The Labute approximate surface area is 371 Å². The first-order chi connectivity index (χ1) is 29.8. The van der Waals surface area contributed by atoms with Crippen molar-refractivity contribution in [2.45, 2.75) is 154 Å². The van der Waals surface area contributed by atoms with Gasteiger partial charge in [0.15, 0.2) is 6.10 Å². The molecule has 4 atom stereocenters.